The lowest BCUT2D eigenvalue weighted by Gasteiger charge is -2.38. The van der Waals surface area contributed by atoms with Gasteiger partial charge in [0, 0.05) is 45.4 Å². The number of halogens is 1. The first-order valence-electron chi connectivity index (χ1n) is 13.8. The first kappa shape index (κ1) is 27.8. The number of piperidine rings is 1. The van der Waals surface area contributed by atoms with Gasteiger partial charge in [0.1, 0.15) is 6.07 Å². The van der Waals surface area contributed by atoms with E-state index in [4.69, 9.17) is 16.3 Å². The summed E-state index contributed by atoms with van der Waals surface area (Å²) in [5.41, 5.74) is 2.38. The fraction of sp³-hybridized carbons (Fsp3) is 0.481. The maximum absolute atomic E-state index is 11.2. The van der Waals surface area contributed by atoms with Gasteiger partial charge in [-0.05, 0) is 37.8 Å². The number of aromatic nitrogens is 4. The molecule has 2 atom stereocenters. The number of hydrogen-bond acceptors (Lipinski definition) is 11. The van der Waals surface area contributed by atoms with Crippen LogP contribution in [-0.4, -0.2) is 93.2 Å². The summed E-state index contributed by atoms with van der Waals surface area (Å²) in [6, 6.07) is 8.07. The summed E-state index contributed by atoms with van der Waals surface area (Å²) in [4.78, 5) is 24.6. The van der Waals surface area contributed by atoms with Crippen LogP contribution in [0.1, 0.15) is 36.9 Å². The van der Waals surface area contributed by atoms with Gasteiger partial charge in [0.25, 0.3) is 0 Å². The van der Waals surface area contributed by atoms with Crippen LogP contribution >= 0.6 is 11.6 Å². The summed E-state index contributed by atoms with van der Waals surface area (Å²) in [5.74, 6) is 0.734. The van der Waals surface area contributed by atoms with Gasteiger partial charge >= 0.3 is 6.09 Å². The van der Waals surface area contributed by atoms with Gasteiger partial charge < -0.3 is 30.7 Å². The number of nitrogens with zero attached hydrogens (tertiary/aromatic N) is 8. The van der Waals surface area contributed by atoms with Crippen LogP contribution < -0.4 is 20.9 Å². The van der Waals surface area contributed by atoms with E-state index in [9.17, 15) is 20.4 Å². The fourth-order valence-corrected chi connectivity index (χ4v) is 6.03. The van der Waals surface area contributed by atoms with Gasteiger partial charge in [0.05, 0.1) is 46.4 Å². The summed E-state index contributed by atoms with van der Waals surface area (Å²) in [5, 5.41) is 42.5. The molecule has 0 radical (unpaired) electrons. The zero-order valence-corrected chi connectivity index (χ0v) is 23.7. The smallest absolute Gasteiger partial charge is 0.405 e. The van der Waals surface area contributed by atoms with Crippen LogP contribution in [0.3, 0.4) is 0 Å². The number of methoxy groups -OCH3 is 1. The Labute approximate surface area is 246 Å². The number of nitriles is 2. The molecular weight excluding hydrogens is 562 g/mol. The van der Waals surface area contributed by atoms with E-state index in [2.05, 4.69) is 53.0 Å². The van der Waals surface area contributed by atoms with Crippen LogP contribution in [0, 0.1) is 22.7 Å². The first-order chi connectivity index (χ1) is 20.4. The number of carboxylic acid groups (broad SMARTS) is 1. The molecule has 2 aliphatic heterocycles. The van der Waals surface area contributed by atoms with Gasteiger partial charge in [-0.15, -0.1) is 5.10 Å². The second kappa shape index (κ2) is 11.5. The molecule has 0 spiro atoms. The number of rotatable bonds is 8. The van der Waals surface area contributed by atoms with Gasteiger partial charge in [0.15, 0.2) is 17.2 Å². The molecule has 218 valence electrons. The molecule has 3 fully saturated rings. The molecule has 0 bridgehead atoms. The minimum atomic E-state index is -1.05. The molecule has 1 saturated carbocycles. The highest BCUT2D eigenvalue weighted by molar-refractivity contribution is 6.36. The van der Waals surface area contributed by atoms with E-state index in [0.29, 0.717) is 60.0 Å². The molecule has 1 aromatic carbocycles. The lowest BCUT2D eigenvalue weighted by Crippen LogP contribution is -2.45. The van der Waals surface area contributed by atoms with Gasteiger partial charge in [0.2, 0.25) is 5.95 Å². The third kappa shape index (κ3) is 5.56. The third-order valence-corrected chi connectivity index (χ3v) is 8.45. The molecule has 2 saturated heterocycles. The molecule has 4 N–H and O–H groups in total. The summed E-state index contributed by atoms with van der Waals surface area (Å²) < 4.78 is 6.97. The molecule has 4 heterocycles. The highest BCUT2D eigenvalue weighted by Gasteiger charge is 2.38. The average molecular weight is 592 g/mol. The van der Waals surface area contributed by atoms with Gasteiger partial charge in [-0.3, -0.25) is 4.90 Å². The Hall–Kier alpha value is -4.37. The molecule has 6 rings (SSSR count). The molecule has 3 aromatic rings. The summed E-state index contributed by atoms with van der Waals surface area (Å²) in [7, 11) is 1.61. The standard InChI is InChI=1S/C27H30ClN11O3/c1-42-22-14-38(13-20(22)34-27(40)41)17-4-6-37(7-5-17)21-9-15(10-29)8-19(23(21)28)33-26-35-24(32-16-2-3-16)25-31-12-18(11-30)39(25)36-26/h8-9,12,16-17,20,22,34H,2-7,13-14H2,1H3,(H,40,41)(H2,32,33,35,36)/t20-,22-/m0/s1. The summed E-state index contributed by atoms with van der Waals surface area (Å²) in [6.45, 7) is 2.68. The largest absolute Gasteiger partial charge is 0.465 e. The zero-order valence-electron chi connectivity index (χ0n) is 22.9. The Balaban J connectivity index is 1.21. The number of likely N-dealkylation sites (tertiary alicyclic amines) is 1. The predicted octanol–water partition coefficient (Wildman–Crippen LogP) is 2.77. The van der Waals surface area contributed by atoms with Crippen molar-refractivity contribution < 1.29 is 14.6 Å². The Morgan fingerprint density at radius 1 is 1.17 bits per heavy atom. The molecule has 2 aromatic heterocycles. The van der Waals surface area contributed by atoms with E-state index < -0.39 is 6.09 Å². The summed E-state index contributed by atoms with van der Waals surface area (Å²) in [6.07, 6.45) is 3.97. The van der Waals surface area contributed by atoms with Crippen LogP contribution in [0.15, 0.2) is 18.3 Å². The molecule has 0 unspecified atom stereocenters. The van der Waals surface area contributed by atoms with Crippen molar-refractivity contribution in [2.45, 2.75) is 49.9 Å². The molecule has 3 aliphatic rings. The highest BCUT2D eigenvalue weighted by atomic mass is 35.5. The van der Waals surface area contributed by atoms with Crippen molar-refractivity contribution in [3.05, 3.63) is 34.6 Å². The van der Waals surface area contributed by atoms with E-state index in [1.165, 1.54) is 10.7 Å². The third-order valence-electron chi connectivity index (χ3n) is 8.05. The van der Waals surface area contributed by atoms with Gasteiger partial charge in [-0.1, -0.05) is 11.6 Å². The van der Waals surface area contributed by atoms with Crippen LogP contribution in [0.5, 0.6) is 0 Å². The Bertz CT molecular complexity index is 1590. The van der Waals surface area contributed by atoms with Crippen molar-refractivity contribution >= 4 is 46.5 Å². The van der Waals surface area contributed by atoms with Crippen molar-refractivity contribution in [3.8, 4) is 12.1 Å². The number of fused-ring (bicyclic) bond motifs is 1. The maximum atomic E-state index is 11.2. The predicted molar refractivity (Wildman–Crippen MR) is 154 cm³/mol. The Kier molecular flexibility index (Phi) is 7.60. The number of benzene rings is 1. The molecule has 1 aliphatic carbocycles. The topological polar surface area (TPSA) is 180 Å². The van der Waals surface area contributed by atoms with E-state index in [0.717, 1.165) is 31.4 Å². The quantitative estimate of drug-likeness (QED) is 0.301. The molecule has 15 heteroatoms. The molecule has 42 heavy (non-hydrogen) atoms. The molecule has 14 nitrogen and oxygen atoms in total. The second-order valence-corrected chi connectivity index (χ2v) is 11.2. The molecule has 1 amide bonds. The minimum Gasteiger partial charge on any atom is -0.465 e. The summed E-state index contributed by atoms with van der Waals surface area (Å²) >= 11 is 6.93. The van der Waals surface area contributed by atoms with Crippen molar-refractivity contribution in [2.75, 3.05) is 48.8 Å². The highest BCUT2D eigenvalue weighted by Crippen LogP contribution is 2.38. The van der Waals surface area contributed by atoms with Crippen molar-refractivity contribution in [1.82, 2.24) is 29.8 Å². The fourth-order valence-electron chi connectivity index (χ4n) is 5.75. The van der Waals surface area contributed by atoms with E-state index in [1.807, 2.05) is 0 Å². The maximum Gasteiger partial charge on any atom is 0.405 e. The van der Waals surface area contributed by atoms with E-state index >= 15 is 0 Å². The average Bonchev–Trinajstić information content (AvgIpc) is 3.56. The Morgan fingerprint density at radius 2 is 1.95 bits per heavy atom. The van der Waals surface area contributed by atoms with Crippen LogP contribution in [0.2, 0.25) is 5.02 Å². The van der Waals surface area contributed by atoms with E-state index in [1.54, 1.807) is 19.2 Å². The van der Waals surface area contributed by atoms with Crippen molar-refractivity contribution in [3.63, 3.8) is 0 Å². The lowest BCUT2D eigenvalue weighted by atomic mass is 10.0. The van der Waals surface area contributed by atoms with Gasteiger partial charge in [-0.25, -0.2) is 9.78 Å². The van der Waals surface area contributed by atoms with E-state index in [-0.39, 0.29) is 29.8 Å². The van der Waals surface area contributed by atoms with Crippen molar-refractivity contribution in [2.24, 2.45) is 0 Å². The number of imidazole rings is 1. The number of carbonyl (C=O) groups is 1. The first-order valence-corrected chi connectivity index (χ1v) is 14.2. The van der Waals surface area contributed by atoms with Gasteiger partial charge in [-0.2, -0.15) is 20.0 Å². The number of nitrogens with one attached hydrogen (secondary N) is 3. The SMILES string of the molecule is CO[C@H]1CN(C2CCN(c3cc(C#N)cc(Nc4nc(NC5CC5)c5ncc(C#N)n5n4)c3Cl)CC2)C[C@@H]1NC(=O)O. The number of ether oxygens (including phenoxy) is 1. The van der Waals surface area contributed by atoms with Crippen LogP contribution in [-0.2, 0) is 4.74 Å². The normalized spacial score (nSPS) is 21.2. The minimum absolute atomic E-state index is 0.192. The van der Waals surface area contributed by atoms with Crippen LogP contribution in [0.4, 0.5) is 27.9 Å². The van der Waals surface area contributed by atoms with Crippen molar-refractivity contribution in [1.29, 1.82) is 10.5 Å². The number of hydrogen-bond donors (Lipinski definition) is 4. The lowest BCUT2D eigenvalue weighted by molar-refractivity contribution is 0.0830. The second-order valence-electron chi connectivity index (χ2n) is 10.8. The number of amides is 1. The number of anilines is 4. The monoisotopic (exact) mass is 591 g/mol. The zero-order chi connectivity index (χ0) is 29.4. The van der Waals surface area contributed by atoms with Crippen LogP contribution in [0.25, 0.3) is 5.65 Å². The molecular formula is C27H30ClN11O3. The Morgan fingerprint density at radius 3 is 2.62 bits per heavy atom.